The minimum atomic E-state index is -3.76. The van der Waals surface area contributed by atoms with E-state index in [9.17, 15) is 13.2 Å². The van der Waals surface area contributed by atoms with Crippen LogP contribution in [-0.4, -0.2) is 21.6 Å². The van der Waals surface area contributed by atoms with Gasteiger partial charge in [0.1, 0.15) is 10.8 Å². The number of ether oxygens (including phenoxy) is 1. The van der Waals surface area contributed by atoms with Crippen LogP contribution < -0.4 is 20.1 Å². The lowest BCUT2D eigenvalue weighted by Gasteiger charge is -2.18. The first-order valence-corrected chi connectivity index (χ1v) is 12.1. The number of anilines is 2. The molecular formula is C23H23Cl2N3O4S. The van der Waals surface area contributed by atoms with E-state index >= 15 is 0 Å². The van der Waals surface area contributed by atoms with Gasteiger partial charge >= 0.3 is 6.03 Å². The molecular weight excluding hydrogens is 485 g/mol. The van der Waals surface area contributed by atoms with E-state index in [1.165, 1.54) is 31.4 Å². The molecule has 0 spiro atoms. The minimum absolute atomic E-state index is 0.0713. The van der Waals surface area contributed by atoms with Crippen molar-refractivity contribution in [2.24, 2.45) is 0 Å². The van der Waals surface area contributed by atoms with Gasteiger partial charge in [-0.2, -0.15) is 0 Å². The normalized spacial score (nSPS) is 12.0. The summed E-state index contributed by atoms with van der Waals surface area (Å²) in [5, 5.41) is 5.99. The van der Waals surface area contributed by atoms with Crippen molar-refractivity contribution in [2.45, 2.75) is 24.8 Å². The maximum Gasteiger partial charge on any atom is 0.319 e. The molecule has 10 heteroatoms. The molecule has 0 unspecified atom stereocenters. The zero-order chi connectivity index (χ0) is 24.2. The summed E-state index contributed by atoms with van der Waals surface area (Å²) in [5.74, 6) is 0.439. The van der Waals surface area contributed by atoms with E-state index in [2.05, 4.69) is 15.4 Å². The summed E-state index contributed by atoms with van der Waals surface area (Å²) in [7, 11) is -2.27. The Bertz CT molecular complexity index is 1250. The van der Waals surface area contributed by atoms with Crippen molar-refractivity contribution in [2.75, 3.05) is 17.1 Å². The summed E-state index contributed by atoms with van der Waals surface area (Å²) >= 11 is 12.5. The molecule has 0 aliphatic heterocycles. The summed E-state index contributed by atoms with van der Waals surface area (Å²) in [6.07, 6.45) is 0. The van der Waals surface area contributed by atoms with Crippen molar-refractivity contribution >= 4 is 50.6 Å². The van der Waals surface area contributed by atoms with E-state index in [-0.39, 0.29) is 9.92 Å². The first kappa shape index (κ1) is 24.7. The highest BCUT2D eigenvalue weighted by Crippen LogP contribution is 2.37. The highest BCUT2D eigenvalue weighted by atomic mass is 35.5. The molecule has 0 aliphatic carbocycles. The molecule has 0 bridgehead atoms. The second-order valence-corrected chi connectivity index (χ2v) is 9.74. The van der Waals surface area contributed by atoms with Crippen LogP contribution in [0.15, 0.2) is 65.6 Å². The summed E-state index contributed by atoms with van der Waals surface area (Å²) < 4.78 is 32.8. The number of methoxy groups -OCH3 is 1. The molecule has 0 heterocycles. The van der Waals surface area contributed by atoms with Crippen LogP contribution in [0.1, 0.15) is 24.1 Å². The molecule has 3 aromatic rings. The maximum absolute atomic E-state index is 12.6. The van der Waals surface area contributed by atoms with Crippen molar-refractivity contribution in [3.05, 3.63) is 81.8 Å². The SMILES string of the molecule is COc1ccc([C@H](C)NC(=O)Nc2ccc(S(=O)(=O)Nc3ccc(C)cc3)cc2)c(Cl)c1Cl. The smallest absolute Gasteiger partial charge is 0.319 e. The Balaban J connectivity index is 1.64. The number of carbonyl (C=O) groups excluding carboxylic acids is 1. The quantitative estimate of drug-likeness (QED) is 0.365. The Morgan fingerprint density at radius 2 is 1.52 bits per heavy atom. The third-order valence-electron chi connectivity index (χ3n) is 4.84. The predicted octanol–water partition coefficient (Wildman–Crippen LogP) is 5.99. The third kappa shape index (κ3) is 6.10. The fraction of sp³-hybridized carbons (Fsp3) is 0.174. The Morgan fingerprint density at radius 1 is 0.909 bits per heavy atom. The molecule has 0 fully saturated rings. The summed E-state index contributed by atoms with van der Waals surface area (Å²) in [6, 6.07) is 15.3. The fourth-order valence-corrected chi connectivity index (χ4v) is 4.66. The topological polar surface area (TPSA) is 96.5 Å². The molecule has 0 aliphatic rings. The van der Waals surface area contributed by atoms with E-state index in [1.54, 1.807) is 31.2 Å². The molecule has 1 atom stereocenters. The highest BCUT2D eigenvalue weighted by molar-refractivity contribution is 7.92. The van der Waals surface area contributed by atoms with Crippen LogP contribution in [0, 0.1) is 6.92 Å². The van der Waals surface area contributed by atoms with Gasteiger partial charge in [-0.25, -0.2) is 13.2 Å². The van der Waals surface area contributed by atoms with Gasteiger partial charge in [0.15, 0.2) is 0 Å². The summed E-state index contributed by atoms with van der Waals surface area (Å²) in [4.78, 5) is 12.5. The van der Waals surface area contributed by atoms with E-state index < -0.39 is 22.1 Å². The van der Waals surface area contributed by atoms with Gasteiger partial charge in [0.2, 0.25) is 0 Å². The molecule has 0 saturated heterocycles. The van der Waals surface area contributed by atoms with Crippen LogP contribution in [0.5, 0.6) is 5.75 Å². The van der Waals surface area contributed by atoms with Gasteiger partial charge in [-0.3, -0.25) is 4.72 Å². The van der Waals surface area contributed by atoms with Crippen molar-refractivity contribution in [3.63, 3.8) is 0 Å². The zero-order valence-electron chi connectivity index (χ0n) is 18.1. The van der Waals surface area contributed by atoms with Crippen LogP contribution in [0.3, 0.4) is 0 Å². The minimum Gasteiger partial charge on any atom is -0.495 e. The molecule has 0 radical (unpaired) electrons. The Labute approximate surface area is 203 Å². The molecule has 3 aromatic carbocycles. The number of rotatable bonds is 7. The van der Waals surface area contributed by atoms with Crippen molar-refractivity contribution in [1.82, 2.24) is 5.32 Å². The van der Waals surface area contributed by atoms with Crippen LogP contribution in [0.2, 0.25) is 10.0 Å². The largest absolute Gasteiger partial charge is 0.495 e. The van der Waals surface area contributed by atoms with E-state index in [1.807, 2.05) is 19.1 Å². The van der Waals surface area contributed by atoms with Crippen molar-refractivity contribution < 1.29 is 17.9 Å². The van der Waals surface area contributed by atoms with E-state index in [0.29, 0.717) is 27.7 Å². The first-order valence-electron chi connectivity index (χ1n) is 9.89. The van der Waals surface area contributed by atoms with Gasteiger partial charge in [0, 0.05) is 11.4 Å². The molecule has 2 amide bonds. The Hall–Kier alpha value is -2.94. The number of hydrogen-bond donors (Lipinski definition) is 3. The molecule has 7 nitrogen and oxygen atoms in total. The van der Waals surface area contributed by atoms with Gasteiger partial charge in [0.05, 0.1) is 23.1 Å². The lowest BCUT2D eigenvalue weighted by Crippen LogP contribution is -2.31. The molecule has 174 valence electrons. The van der Waals surface area contributed by atoms with Crippen LogP contribution in [0.25, 0.3) is 0 Å². The number of aryl methyl sites for hydroxylation is 1. The maximum atomic E-state index is 12.6. The van der Waals surface area contributed by atoms with Gasteiger partial charge in [0.25, 0.3) is 10.0 Å². The van der Waals surface area contributed by atoms with E-state index in [4.69, 9.17) is 27.9 Å². The molecule has 33 heavy (non-hydrogen) atoms. The predicted molar refractivity (Wildman–Crippen MR) is 132 cm³/mol. The highest BCUT2D eigenvalue weighted by Gasteiger charge is 2.18. The average molecular weight is 508 g/mol. The first-order chi connectivity index (χ1) is 15.6. The van der Waals surface area contributed by atoms with Crippen molar-refractivity contribution in [3.8, 4) is 5.75 Å². The third-order valence-corrected chi connectivity index (χ3v) is 7.11. The lowest BCUT2D eigenvalue weighted by atomic mass is 10.1. The van der Waals surface area contributed by atoms with Crippen LogP contribution in [-0.2, 0) is 10.0 Å². The Kier molecular flexibility index (Phi) is 7.73. The molecule has 0 saturated carbocycles. The van der Waals surface area contributed by atoms with Gasteiger partial charge in [-0.1, -0.05) is 47.0 Å². The fourth-order valence-electron chi connectivity index (χ4n) is 3.03. The van der Waals surface area contributed by atoms with Gasteiger partial charge in [-0.15, -0.1) is 0 Å². The molecule has 3 N–H and O–H groups in total. The number of hydrogen-bond acceptors (Lipinski definition) is 4. The zero-order valence-corrected chi connectivity index (χ0v) is 20.5. The molecule has 3 rings (SSSR count). The van der Waals surface area contributed by atoms with Gasteiger partial charge < -0.3 is 15.4 Å². The second-order valence-electron chi connectivity index (χ2n) is 7.30. The lowest BCUT2D eigenvalue weighted by molar-refractivity contribution is 0.249. The molecule has 0 aromatic heterocycles. The van der Waals surface area contributed by atoms with Crippen LogP contribution >= 0.6 is 23.2 Å². The number of benzene rings is 3. The number of halogens is 2. The van der Waals surface area contributed by atoms with Gasteiger partial charge in [-0.05, 0) is 61.9 Å². The number of nitrogens with one attached hydrogen (secondary N) is 3. The average Bonchev–Trinajstić information content (AvgIpc) is 2.77. The Morgan fingerprint density at radius 3 is 2.12 bits per heavy atom. The number of urea groups is 1. The number of sulfonamides is 1. The summed E-state index contributed by atoms with van der Waals surface area (Å²) in [6.45, 7) is 3.68. The monoisotopic (exact) mass is 507 g/mol. The second kappa shape index (κ2) is 10.3. The van der Waals surface area contributed by atoms with E-state index in [0.717, 1.165) is 5.56 Å². The number of carbonyl (C=O) groups is 1. The summed E-state index contributed by atoms with van der Waals surface area (Å²) in [5.41, 5.74) is 2.54. The number of amides is 2. The van der Waals surface area contributed by atoms with Crippen molar-refractivity contribution in [1.29, 1.82) is 0 Å². The van der Waals surface area contributed by atoms with Crippen LogP contribution in [0.4, 0.5) is 16.2 Å². The standard InChI is InChI=1S/C23H23Cl2N3O4S/c1-14-4-6-17(7-5-14)28-33(30,31)18-10-8-16(9-11-18)27-23(29)26-15(2)19-12-13-20(32-3)22(25)21(19)24/h4-13,15,28H,1-3H3,(H2,26,27,29)/t15-/m0/s1.